The standard InChI is InChI=1S/C27H31BrFNO4.BrH/c1-27(2,3)26(31)34-20-9-10-22-24(15-20)32-17-23(28)25(22)18-5-7-19(8-6-18)33-21-11-14-30(16-21)13-4-12-29;/h5-10,15,21H,4,11-14,16-17H2,1-3H3;1H/t21-;/m0./s1. The molecule has 8 heteroatoms. The van der Waals surface area contributed by atoms with E-state index < -0.39 is 5.41 Å². The Morgan fingerprint density at radius 3 is 2.57 bits per heavy atom. The lowest BCUT2D eigenvalue weighted by Gasteiger charge is -2.23. The van der Waals surface area contributed by atoms with Crippen LogP contribution in [0.3, 0.4) is 0 Å². The fraction of sp³-hybridized carbons (Fsp3) is 0.444. The van der Waals surface area contributed by atoms with Crippen LogP contribution in [-0.2, 0) is 4.79 Å². The van der Waals surface area contributed by atoms with E-state index in [9.17, 15) is 9.18 Å². The zero-order valence-corrected chi connectivity index (χ0v) is 23.6. The Labute approximate surface area is 225 Å². The number of rotatable bonds is 7. The molecule has 0 saturated carbocycles. The number of carbonyl (C=O) groups excluding carboxylic acids is 1. The molecule has 1 saturated heterocycles. The monoisotopic (exact) mass is 611 g/mol. The van der Waals surface area contributed by atoms with Crippen molar-refractivity contribution in [3.05, 3.63) is 58.1 Å². The third-order valence-electron chi connectivity index (χ3n) is 5.95. The summed E-state index contributed by atoms with van der Waals surface area (Å²) in [6, 6.07) is 13.6. The molecule has 0 N–H and O–H groups in total. The predicted octanol–water partition coefficient (Wildman–Crippen LogP) is 6.58. The van der Waals surface area contributed by atoms with E-state index in [0.29, 0.717) is 24.5 Å². The summed E-state index contributed by atoms with van der Waals surface area (Å²) in [5.41, 5.74) is 2.43. The zero-order valence-electron chi connectivity index (χ0n) is 20.3. The van der Waals surface area contributed by atoms with Crippen LogP contribution in [0.15, 0.2) is 46.9 Å². The zero-order chi connectivity index (χ0) is 24.3. The SMILES string of the molecule is Br.CC(C)(C)C(=O)Oc1ccc2c(c1)OCC(Br)=C2c1ccc(O[C@H]2CCN(CCCF)C2)cc1. The van der Waals surface area contributed by atoms with Gasteiger partial charge in [-0.1, -0.05) is 28.1 Å². The predicted molar refractivity (Wildman–Crippen MR) is 145 cm³/mol. The maximum atomic E-state index is 12.4. The molecule has 0 aromatic heterocycles. The highest BCUT2D eigenvalue weighted by Gasteiger charge is 2.26. The Bertz CT molecular complexity index is 1070. The second kappa shape index (κ2) is 11.9. The van der Waals surface area contributed by atoms with Gasteiger partial charge in [-0.05, 0) is 63.4 Å². The molecule has 1 atom stereocenters. The Morgan fingerprint density at radius 2 is 1.89 bits per heavy atom. The van der Waals surface area contributed by atoms with Crippen molar-refractivity contribution < 1.29 is 23.4 Å². The normalized spacial score (nSPS) is 17.9. The van der Waals surface area contributed by atoms with E-state index in [1.807, 2.05) is 51.1 Å². The first-order chi connectivity index (χ1) is 16.2. The van der Waals surface area contributed by atoms with Crippen LogP contribution in [-0.4, -0.2) is 49.9 Å². The van der Waals surface area contributed by atoms with Crippen LogP contribution >= 0.6 is 32.9 Å². The van der Waals surface area contributed by atoms with E-state index in [4.69, 9.17) is 14.2 Å². The van der Waals surface area contributed by atoms with Gasteiger partial charge in [-0.3, -0.25) is 14.1 Å². The number of ether oxygens (including phenoxy) is 3. The van der Waals surface area contributed by atoms with E-state index in [1.165, 1.54) is 0 Å². The molecule has 2 aromatic carbocycles. The Morgan fingerprint density at radius 1 is 1.17 bits per heavy atom. The maximum absolute atomic E-state index is 12.4. The van der Waals surface area contributed by atoms with E-state index in [2.05, 4.69) is 20.8 Å². The molecule has 35 heavy (non-hydrogen) atoms. The number of hydrogen-bond donors (Lipinski definition) is 0. The molecule has 0 bridgehead atoms. The Balaban J connectivity index is 0.00000342. The molecule has 0 unspecified atom stereocenters. The number of esters is 1. The van der Waals surface area contributed by atoms with Crippen LogP contribution in [0.25, 0.3) is 5.57 Å². The first-order valence-electron chi connectivity index (χ1n) is 11.7. The molecule has 190 valence electrons. The summed E-state index contributed by atoms with van der Waals surface area (Å²) in [5.74, 6) is 1.69. The molecule has 2 aliphatic rings. The third kappa shape index (κ3) is 6.86. The fourth-order valence-electron chi connectivity index (χ4n) is 4.10. The molecule has 0 amide bonds. The van der Waals surface area contributed by atoms with Crippen LogP contribution in [0.5, 0.6) is 17.2 Å². The highest BCUT2D eigenvalue weighted by molar-refractivity contribution is 9.11. The molecule has 5 nitrogen and oxygen atoms in total. The van der Waals surface area contributed by atoms with Gasteiger partial charge in [-0.15, -0.1) is 17.0 Å². The largest absolute Gasteiger partial charge is 0.489 e. The average Bonchev–Trinajstić information content (AvgIpc) is 3.25. The number of halogens is 3. The summed E-state index contributed by atoms with van der Waals surface area (Å²) in [7, 11) is 0. The number of nitrogens with zero attached hydrogens (tertiary/aromatic N) is 1. The fourth-order valence-corrected chi connectivity index (χ4v) is 4.65. The van der Waals surface area contributed by atoms with Gasteiger partial charge in [0.1, 0.15) is 30.0 Å². The van der Waals surface area contributed by atoms with Crippen molar-refractivity contribution in [2.45, 2.75) is 39.7 Å². The van der Waals surface area contributed by atoms with Crippen molar-refractivity contribution in [3.63, 3.8) is 0 Å². The highest BCUT2D eigenvalue weighted by atomic mass is 79.9. The van der Waals surface area contributed by atoms with E-state index >= 15 is 0 Å². The minimum atomic E-state index is -0.583. The highest BCUT2D eigenvalue weighted by Crippen LogP contribution is 2.41. The van der Waals surface area contributed by atoms with Crippen molar-refractivity contribution in [2.75, 3.05) is 32.9 Å². The summed E-state index contributed by atoms with van der Waals surface area (Å²) in [6.07, 6.45) is 1.67. The van der Waals surface area contributed by atoms with Crippen molar-refractivity contribution in [1.82, 2.24) is 4.90 Å². The van der Waals surface area contributed by atoms with Gasteiger partial charge < -0.3 is 14.2 Å². The number of fused-ring (bicyclic) bond motifs is 1. The quantitative estimate of drug-likeness (QED) is 0.261. The van der Waals surface area contributed by atoms with Gasteiger partial charge in [0.25, 0.3) is 0 Å². The lowest BCUT2D eigenvalue weighted by molar-refractivity contribution is -0.143. The number of benzene rings is 2. The van der Waals surface area contributed by atoms with Crippen LogP contribution < -0.4 is 14.2 Å². The van der Waals surface area contributed by atoms with Gasteiger partial charge in [-0.25, -0.2) is 0 Å². The molecule has 0 spiro atoms. The minimum absolute atomic E-state index is 0. The maximum Gasteiger partial charge on any atom is 0.316 e. The van der Waals surface area contributed by atoms with Crippen molar-refractivity contribution in [3.8, 4) is 17.2 Å². The van der Waals surface area contributed by atoms with Gasteiger partial charge in [0.2, 0.25) is 0 Å². The molecule has 2 heterocycles. The molecule has 4 rings (SSSR count). The number of hydrogen-bond acceptors (Lipinski definition) is 5. The lowest BCUT2D eigenvalue weighted by Crippen LogP contribution is -2.26. The number of carbonyl (C=O) groups is 1. The molecule has 2 aliphatic heterocycles. The molecule has 1 fully saturated rings. The first-order valence-corrected chi connectivity index (χ1v) is 12.5. The van der Waals surface area contributed by atoms with E-state index in [1.54, 1.807) is 12.1 Å². The van der Waals surface area contributed by atoms with Gasteiger partial charge >= 0.3 is 5.97 Å². The summed E-state index contributed by atoms with van der Waals surface area (Å²) in [4.78, 5) is 14.5. The van der Waals surface area contributed by atoms with Crippen LogP contribution in [0, 0.1) is 5.41 Å². The Hall–Kier alpha value is -1.90. The molecule has 0 aliphatic carbocycles. The first kappa shape index (κ1) is 27.7. The second-order valence-electron chi connectivity index (χ2n) is 9.76. The molecule has 2 aromatic rings. The third-order valence-corrected chi connectivity index (χ3v) is 6.58. The van der Waals surface area contributed by atoms with E-state index in [0.717, 1.165) is 53.0 Å². The summed E-state index contributed by atoms with van der Waals surface area (Å²) in [6.45, 7) is 8.18. The van der Waals surface area contributed by atoms with E-state index in [-0.39, 0.29) is 35.7 Å². The summed E-state index contributed by atoms with van der Waals surface area (Å²) < 4.78 is 31.0. The molecular weight excluding hydrogens is 581 g/mol. The second-order valence-corrected chi connectivity index (χ2v) is 10.7. The number of likely N-dealkylation sites (tertiary alicyclic amines) is 1. The topological polar surface area (TPSA) is 48.0 Å². The Kier molecular flexibility index (Phi) is 9.40. The summed E-state index contributed by atoms with van der Waals surface area (Å²) >= 11 is 3.67. The number of alkyl halides is 1. The molecular formula is C27H32Br2FNO4. The van der Waals surface area contributed by atoms with Crippen molar-refractivity contribution in [1.29, 1.82) is 0 Å². The van der Waals surface area contributed by atoms with Gasteiger partial charge in [0, 0.05) is 41.3 Å². The van der Waals surface area contributed by atoms with Gasteiger partial charge in [-0.2, -0.15) is 0 Å². The van der Waals surface area contributed by atoms with Crippen molar-refractivity contribution >= 4 is 44.5 Å². The average molecular weight is 613 g/mol. The molecule has 0 radical (unpaired) electrons. The lowest BCUT2D eigenvalue weighted by atomic mass is 9.95. The smallest absolute Gasteiger partial charge is 0.316 e. The minimum Gasteiger partial charge on any atom is -0.489 e. The summed E-state index contributed by atoms with van der Waals surface area (Å²) in [5, 5.41) is 0. The van der Waals surface area contributed by atoms with Crippen LogP contribution in [0.2, 0.25) is 0 Å². The van der Waals surface area contributed by atoms with Crippen molar-refractivity contribution in [2.24, 2.45) is 5.41 Å². The van der Waals surface area contributed by atoms with Gasteiger partial charge in [0.15, 0.2) is 0 Å². The van der Waals surface area contributed by atoms with Gasteiger partial charge in [0.05, 0.1) is 12.1 Å². The van der Waals surface area contributed by atoms with Crippen LogP contribution in [0.1, 0.15) is 44.7 Å². The van der Waals surface area contributed by atoms with Crippen LogP contribution in [0.4, 0.5) is 4.39 Å².